The fourth-order valence-corrected chi connectivity index (χ4v) is 2.91. The molecule has 2 aromatic heterocycles. The van der Waals surface area contributed by atoms with Crippen LogP contribution in [0.3, 0.4) is 0 Å². The lowest BCUT2D eigenvalue weighted by Crippen LogP contribution is -2.23. The lowest BCUT2D eigenvalue weighted by atomic mass is 10.1. The molecular formula is C16H24ClN3O. The molecule has 0 amide bonds. The van der Waals surface area contributed by atoms with Gasteiger partial charge < -0.3 is 9.73 Å². The van der Waals surface area contributed by atoms with Crippen molar-refractivity contribution in [3.05, 3.63) is 40.1 Å². The van der Waals surface area contributed by atoms with Gasteiger partial charge in [-0.1, -0.05) is 25.4 Å². The van der Waals surface area contributed by atoms with Crippen molar-refractivity contribution in [2.75, 3.05) is 6.54 Å². The molecule has 2 aromatic rings. The monoisotopic (exact) mass is 309 g/mol. The van der Waals surface area contributed by atoms with E-state index in [4.69, 9.17) is 16.0 Å². The van der Waals surface area contributed by atoms with E-state index >= 15 is 0 Å². The second-order valence-electron chi connectivity index (χ2n) is 5.14. The number of furan rings is 1. The highest BCUT2D eigenvalue weighted by Crippen LogP contribution is 2.27. The van der Waals surface area contributed by atoms with Crippen LogP contribution in [-0.2, 0) is 19.4 Å². The summed E-state index contributed by atoms with van der Waals surface area (Å²) in [6.45, 7) is 9.93. The minimum absolute atomic E-state index is 0.118. The van der Waals surface area contributed by atoms with E-state index in [1.54, 1.807) is 0 Å². The quantitative estimate of drug-likeness (QED) is 0.843. The summed E-state index contributed by atoms with van der Waals surface area (Å²) in [5.74, 6) is 1.88. The van der Waals surface area contributed by atoms with E-state index in [9.17, 15) is 0 Å². The van der Waals surface area contributed by atoms with Gasteiger partial charge in [0.1, 0.15) is 11.5 Å². The Bertz CT molecular complexity index is 588. The molecule has 1 N–H and O–H groups in total. The fourth-order valence-electron chi connectivity index (χ4n) is 2.57. The maximum absolute atomic E-state index is 6.50. The molecule has 0 aliphatic rings. The number of likely N-dealkylation sites (N-methyl/N-ethyl adjacent to an activating group) is 1. The average Bonchev–Trinajstić information content (AvgIpc) is 3.03. The van der Waals surface area contributed by atoms with Gasteiger partial charge in [-0.05, 0) is 38.9 Å². The van der Waals surface area contributed by atoms with E-state index in [1.807, 2.05) is 23.7 Å². The lowest BCUT2D eigenvalue weighted by molar-refractivity contribution is 0.397. The second-order valence-corrected chi connectivity index (χ2v) is 5.52. The molecule has 0 spiro atoms. The first-order valence-electron chi connectivity index (χ1n) is 7.64. The molecule has 0 aliphatic heterocycles. The molecule has 1 unspecified atom stereocenters. The number of halogens is 1. The number of hydrogen-bond donors (Lipinski definition) is 1. The smallest absolute Gasteiger partial charge is 0.121 e. The van der Waals surface area contributed by atoms with E-state index in [1.165, 1.54) is 0 Å². The van der Waals surface area contributed by atoms with Crippen molar-refractivity contribution in [2.45, 2.75) is 53.1 Å². The summed E-state index contributed by atoms with van der Waals surface area (Å²) in [5.41, 5.74) is 2.05. The summed E-state index contributed by atoms with van der Waals surface area (Å²) < 4.78 is 7.78. The number of nitrogens with zero attached hydrogens (tertiary/aromatic N) is 2. The van der Waals surface area contributed by atoms with Gasteiger partial charge in [0.15, 0.2) is 0 Å². The molecule has 2 heterocycles. The Balaban J connectivity index is 2.30. The first kappa shape index (κ1) is 16.1. The maximum atomic E-state index is 6.50. The SMILES string of the molecule is CCNC(Cc1c(Cl)c(CC)nn1CC)c1ccc(C)o1. The van der Waals surface area contributed by atoms with Crippen molar-refractivity contribution >= 4 is 11.6 Å². The van der Waals surface area contributed by atoms with Gasteiger partial charge in [0.2, 0.25) is 0 Å². The highest BCUT2D eigenvalue weighted by Gasteiger charge is 2.21. The number of hydrogen-bond acceptors (Lipinski definition) is 3. The number of aromatic nitrogens is 2. The summed E-state index contributed by atoms with van der Waals surface area (Å²) in [5, 5.41) is 8.85. The number of rotatable bonds is 7. The summed E-state index contributed by atoms with van der Waals surface area (Å²) in [6.07, 6.45) is 1.63. The van der Waals surface area contributed by atoms with Crippen LogP contribution in [0.4, 0.5) is 0 Å². The van der Waals surface area contributed by atoms with Gasteiger partial charge in [-0.15, -0.1) is 0 Å². The summed E-state index contributed by atoms with van der Waals surface area (Å²) in [6, 6.07) is 4.15. The molecular weight excluding hydrogens is 286 g/mol. The Morgan fingerprint density at radius 1 is 1.33 bits per heavy atom. The van der Waals surface area contributed by atoms with E-state index in [0.717, 1.165) is 53.9 Å². The molecule has 0 aromatic carbocycles. The Kier molecular flexibility index (Phi) is 5.48. The molecule has 116 valence electrons. The van der Waals surface area contributed by atoms with Crippen molar-refractivity contribution in [1.82, 2.24) is 15.1 Å². The summed E-state index contributed by atoms with van der Waals surface area (Å²) in [4.78, 5) is 0. The Labute approximate surface area is 131 Å². The van der Waals surface area contributed by atoms with Crippen LogP contribution in [0.5, 0.6) is 0 Å². The zero-order chi connectivity index (χ0) is 15.4. The Morgan fingerprint density at radius 3 is 2.62 bits per heavy atom. The van der Waals surface area contributed by atoms with Gasteiger partial charge in [-0.3, -0.25) is 4.68 Å². The lowest BCUT2D eigenvalue weighted by Gasteiger charge is -2.16. The molecule has 0 fully saturated rings. The molecule has 0 aliphatic carbocycles. The van der Waals surface area contributed by atoms with Crippen molar-refractivity contribution in [2.24, 2.45) is 0 Å². The minimum Gasteiger partial charge on any atom is -0.465 e. The third kappa shape index (κ3) is 3.50. The average molecular weight is 310 g/mol. The van der Waals surface area contributed by atoms with Crippen LogP contribution in [0.15, 0.2) is 16.5 Å². The number of aryl methyl sites for hydroxylation is 3. The summed E-state index contributed by atoms with van der Waals surface area (Å²) in [7, 11) is 0. The minimum atomic E-state index is 0.118. The van der Waals surface area contributed by atoms with E-state index in [2.05, 4.69) is 31.2 Å². The van der Waals surface area contributed by atoms with Gasteiger partial charge in [0.25, 0.3) is 0 Å². The van der Waals surface area contributed by atoms with Crippen LogP contribution in [0.25, 0.3) is 0 Å². The van der Waals surface area contributed by atoms with E-state index in [0.29, 0.717) is 0 Å². The van der Waals surface area contributed by atoms with Crippen molar-refractivity contribution in [1.29, 1.82) is 0 Å². The molecule has 2 rings (SSSR count). The molecule has 4 nitrogen and oxygen atoms in total. The van der Waals surface area contributed by atoms with Crippen LogP contribution in [0, 0.1) is 6.92 Å². The molecule has 0 radical (unpaired) electrons. The Hall–Kier alpha value is -1.26. The van der Waals surface area contributed by atoms with Crippen LogP contribution in [0.2, 0.25) is 5.02 Å². The zero-order valence-electron chi connectivity index (χ0n) is 13.2. The van der Waals surface area contributed by atoms with Crippen LogP contribution in [-0.4, -0.2) is 16.3 Å². The van der Waals surface area contributed by atoms with Gasteiger partial charge >= 0.3 is 0 Å². The first-order valence-corrected chi connectivity index (χ1v) is 8.02. The normalized spacial score (nSPS) is 12.8. The van der Waals surface area contributed by atoms with Gasteiger partial charge in [-0.25, -0.2) is 0 Å². The third-order valence-corrected chi connectivity index (χ3v) is 4.08. The predicted molar refractivity (Wildman–Crippen MR) is 85.9 cm³/mol. The largest absolute Gasteiger partial charge is 0.465 e. The van der Waals surface area contributed by atoms with Crippen LogP contribution < -0.4 is 5.32 Å². The molecule has 0 bridgehead atoms. The van der Waals surface area contributed by atoms with Gasteiger partial charge in [0, 0.05) is 13.0 Å². The standard InChI is InChI=1S/C16H24ClN3O/c1-5-12-16(17)14(20(7-3)19-12)10-13(18-6-2)15-9-8-11(4)21-15/h8-9,13,18H,5-7,10H2,1-4H3. The van der Waals surface area contributed by atoms with Gasteiger partial charge in [0.05, 0.1) is 22.5 Å². The van der Waals surface area contributed by atoms with Crippen molar-refractivity contribution in [3.63, 3.8) is 0 Å². The Morgan fingerprint density at radius 2 is 2.10 bits per heavy atom. The molecule has 0 saturated carbocycles. The van der Waals surface area contributed by atoms with Crippen molar-refractivity contribution in [3.8, 4) is 0 Å². The fraction of sp³-hybridized carbons (Fsp3) is 0.562. The predicted octanol–water partition coefficient (Wildman–Crippen LogP) is 3.91. The van der Waals surface area contributed by atoms with E-state index < -0.39 is 0 Å². The molecule has 5 heteroatoms. The molecule has 0 saturated heterocycles. The number of nitrogens with one attached hydrogen (secondary N) is 1. The third-order valence-electron chi connectivity index (χ3n) is 3.65. The van der Waals surface area contributed by atoms with E-state index in [-0.39, 0.29) is 6.04 Å². The topological polar surface area (TPSA) is 43.0 Å². The van der Waals surface area contributed by atoms with Crippen LogP contribution in [0.1, 0.15) is 49.7 Å². The van der Waals surface area contributed by atoms with Crippen molar-refractivity contribution < 1.29 is 4.42 Å². The first-order chi connectivity index (χ1) is 10.1. The molecule has 1 atom stereocenters. The zero-order valence-corrected chi connectivity index (χ0v) is 14.0. The van der Waals surface area contributed by atoms with Crippen LogP contribution >= 0.6 is 11.6 Å². The highest BCUT2D eigenvalue weighted by molar-refractivity contribution is 6.31. The maximum Gasteiger partial charge on any atom is 0.121 e. The highest BCUT2D eigenvalue weighted by atomic mass is 35.5. The molecule has 21 heavy (non-hydrogen) atoms. The second kappa shape index (κ2) is 7.14. The van der Waals surface area contributed by atoms with Gasteiger partial charge in [-0.2, -0.15) is 5.10 Å². The summed E-state index contributed by atoms with van der Waals surface area (Å²) >= 11 is 6.50.